The molecule has 39 heavy (non-hydrogen) atoms. The van der Waals surface area contributed by atoms with E-state index in [9.17, 15) is 19.7 Å². The molecule has 0 radical (unpaired) electrons. The minimum absolute atomic E-state index is 0.146. The molecule has 1 aliphatic heterocycles. The van der Waals surface area contributed by atoms with Gasteiger partial charge in [0.15, 0.2) is 10.9 Å². The van der Waals surface area contributed by atoms with Gasteiger partial charge < -0.3 is 24.8 Å². The first-order valence-electron chi connectivity index (χ1n) is 11.9. The van der Waals surface area contributed by atoms with Crippen LogP contribution in [0.3, 0.4) is 0 Å². The maximum atomic E-state index is 13.3. The Kier molecular flexibility index (Phi) is 7.86. The normalized spacial score (nSPS) is 20.5. The number of nitrogens with one attached hydrogen (secondary N) is 2. The summed E-state index contributed by atoms with van der Waals surface area (Å²) in [6.07, 6.45) is 0. The van der Waals surface area contributed by atoms with Gasteiger partial charge in [0.2, 0.25) is 0 Å². The van der Waals surface area contributed by atoms with E-state index >= 15 is 0 Å². The summed E-state index contributed by atoms with van der Waals surface area (Å²) in [6.45, 7) is 3.54. The Morgan fingerprint density at radius 1 is 1.13 bits per heavy atom. The Morgan fingerprint density at radius 2 is 1.85 bits per heavy atom. The molecule has 12 heteroatoms. The number of hydrogen-bond acceptors (Lipinski definition) is 11. The van der Waals surface area contributed by atoms with E-state index in [1.165, 1.54) is 44.8 Å². The van der Waals surface area contributed by atoms with Crippen molar-refractivity contribution in [3.63, 3.8) is 0 Å². The number of allylic oxidation sites excluding steroid dienone is 1. The van der Waals surface area contributed by atoms with Crippen LogP contribution >= 0.6 is 11.3 Å². The van der Waals surface area contributed by atoms with Gasteiger partial charge in [-0.3, -0.25) is 14.9 Å². The van der Waals surface area contributed by atoms with Crippen molar-refractivity contribution in [3.8, 4) is 17.0 Å². The highest BCUT2D eigenvalue weighted by molar-refractivity contribution is 7.14. The molecule has 1 aliphatic rings. The zero-order chi connectivity index (χ0) is 28.3. The molecule has 4 rings (SSSR count). The molecule has 0 saturated carbocycles. The molecule has 0 fully saturated rings. The second kappa shape index (κ2) is 11.1. The smallest absolute Gasteiger partial charge is 0.336 e. The minimum Gasteiger partial charge on any atom is -0.490 e. The van der Waals surface area contributed by atoms with E-state index in [2.05, 4.69) is 15.6 Å². The van der Waals surface area contributed by atoms with Crippen molar-refractivity contribution in [3.05, 3.63) is 80.9 Å². The Labute approximate surface area is 229 Å². The topological polar surface area (TPSA) is 142 Å². The third kappa shape index (κ3) is 5.28. The van der Waals surface area contributed by atoms with Gasteiger partial charge in [0.1, 0.15) is 11.6 Å². The highest BCUT2D eigenvalue weighted by atomic mass is 32.1. The Balaban J connectivity index is 1.77. The van der Waals surface area contributed by atoms with Gasteiger partial charge in [0.25, 0.3) is 0 Å². The first-order valence-corrected chi connectivity index (χ1v) is 12.8. The highest BCUT2D eigenvalue weighted by Gasteiger charge is 2.52. The summed E-state index contributed by atoms with van der Waals surface area (Å²) in [5, 5.41) is 20.3. The van der Waals surface area contributed by atoms with Crippen molar-refractivity contribution in [2.24, 2.45) is 5.92 Å². The zero-order valence-electron chi connectivity index (χ0n) is 22.0. The molecule has 204 valence electrons. The predicted octanol–water partition coefficient (Wildman–Crippen LogP) is 4.48. The Morgan fingerprint density at radius 3 is 2.46 bits per heavy atom. The number of ether oxygens (including phenoxy) is 3. The largest absolute Gasteiger partial charge is 0.490 e. The molecule has 2 N–H and O–H groups in total. The standard InChI is InChI=1S/C27H28N4O7S/c1-15-21(24(32)37-4)22(16-9-7-6-8-10-16)23(25(33)38-5)27(2,29-15)30-26-28-18(14-39-26)17-11-12-20(36-3)19(13-17)31(34)35/h6-14,22-23,29H,1-5H3,(H,28,30). The fourth-order valence-electron chi connectivity index (χ4n) is 4.96. The molecule has 11 nitrogen and oxygen atoms in total. The molecular formula is C27H28N4O7S. The van der Waals surface area contributed by atoms with E-state index in [1.54, 1.807) is 25.3 Å². The molecule has 0 bridgehead atoms. The molecule has 3 atom stereocenters. The third-order valence-electron chi connectivity index (χ3n) is 6.68. The number of carbonyl (C=O) groups is 2. The fraction of sp³-hybridized carbons (Fsp3) is 0.296. The first-order chi connectivity index (χ1) is 18.6. The number of anilines is 1. The molecule has 1 aromatic heterocycles. The monoisotopic (exact) mass is 552 g/mol. The van der Waals surface area contributed by atoms with Gasteiger partial charge in [-0.25, -0.2) is 9.78 Å². The molecular weight excluding hydrogens is 524 g/mol. The van der Waals surface area contributed by atoms with Crippen LogP contribution in [0, 0.1) is 16.0 Å². The van der Waals surface area contributed by atoms with Crippen molar-refractivity contribution in [1.29, 1.82) is 0 Å². The van der Waals surface area contributed by atoms with Crippen LogP contribution in [-0.4, -0.2) is 48.8 Å². The van der Waals surface area contributed by atoms with Gasteiger partial charge in [-0.05, 0) is 31.5 Å². The Bertz CT molecular complexity index is 1440. The third-order valence-corrected chi connectivity index (χ3v) is 7.44. The number of esters is 2. The van der Waals surface area contributed by atoms with E-state index in [0.717, 1.165) is 5.56 Å². The number of hydrogen-bond donors (Lipinski definition) is 2. The van der Waals surface area contributed by atoms with Crippen molar-refractivity contribution >= 4 is 34.1 Å². The van der Waals surface area contributed by atoms with Gasteiger partial charge in [0, 0.05) is 28.6 Å². The number of aromatic nitrogens is 1. The van der Waals surface area contributed by atoms with Gasteiger partial charge in [-0.1, -0.05) is 30.3 Å². The van der Waals surface area contributed by atoms with Gasteiger partial charge in [-0.2, -0.15) is 0 Å². The molecule has 3 unspecified atom stereocenters. The van der Waals surface area contributed by atoms with Crippen molar-refractivity contribution in [2.45, 2.75) is 25.4 Å². The predicted molar refractivity (Wildman–Crippen MR) is 145 cm³/mol. The molecule has 2 aromatic carbocycles. The summed E-state index contributed by atoms with van der Waals surface area (Å²) in [4.78, 5) is 41.8. The number of carbonyl (C=O) groups excluding carboxylic acids is 2. The molecule has 0 amide bonds. The van der Waals surface area contributed by atoms with Crippen molar-refractivity contribution in [1.82, 2.24) is 10.3 Å². The summed E-state index contributed by atoms with van der Waals surface area (Å²) in [6, 6.07) is 13.8. The second-order valence-corrected chi connectivity index (χ2v) is 9.91. The summed E-state index contributed by atoms with van der Waals surface area (Å²) < 4.78 is 15.4. The molecule has 2 heterocycles. The average molecular weight is 553 g/mol. The van der Waals surface area contributed by atoms with Gasteiger partial charge in [0.05, 0.1) is 37.5 Å². The minimum atomic E-state index is -1.14. The summed E-state index contributed by atoms with van der Waals surface area (Å²) >= 11 is 1.27. The number of methoxy groups -OCH3 is 3. The number of nitro benzene ring substituents is 1. The van der Waals surface area contributed by atoms with Crippen LogP contribution in [0.15, 0.2) is 65.2 Å². The molecule has 0 saturated heterocycles. The average Bonchev–Trinajstić information content (AvgIpc) is 3.39. The van der Waals surface area contributed by atoms with E-state index in [-0.39, 0.29) is 11.4 Å². The summed E-state index contributed by atoms with van der Waals surface area (Å²) in [5.41, 5.74) is 1.32. The maximum Gasteiger partial charge on any atom is 0.336 e. The summed E-state index contributed by atoms with van der Waals surface area (Å²) in [5.74, 6) is -2.54. The van der Waals surface area contributed by atoms with Crippen LogP contribution in [0.5, 0.6) is 5.75 Å². The van der Waals surface area contributed by atoms with Crippen LogP contribution in [0.4, 0.5) is 10.8 Å². The lowest BCUT2D eigenvalue weighted by Crippen LogP contribution is -2.62. The van der Waals surface area contributed by atoms with Crippen molar-refractivity contribution in [2.75, 3.05) is 26.6 Å². The van der Waals surface area contributed by atoms with Crippen LogP contribution in [0.25, 0.3) is 11.3 Å². The Hall–Kier alpha value is -4.45. The number of nitro groups is 1. The van der Waals surface area contributed by atoms with E-state index in [4.69, 9.17) is 14.2 Å². The second-order valence-electron chi connectivity index (χ2n) is 9.05. The number of benzene rings is 2. The van der Waals surface area contributed by atoms with Crippen LogP contribution < -0.4 is 15.4 Å². The summed E-state index contributed by atoms with van der Waals surface area (Å²) in [7, 11) is 3.96. The quantitative estimate of drug-likeness (QED) is 0.233. The maximum absolute atomic E-state index is 13.3. The number of nitrogens with zero attached hydrogens (tertiary/aromatic N) is 2. The first kappa shape index (κ1) is 27.6. The lowest BCUT2D eigenvalue weighted by Gasteiger charge is -2.46. The van der Waals surface area contributed by atoms with Crippen LogP contribution in [0.1, 0.15) is 25.3 Å². The van der Waals surface area contributed by atoms with Crippen molar-refractivity contribution < 1.29 is 28.7 Å². The van der Waals surface area contributed by atoms with Crippen LogP contribution in [-0.2, 0) is 19.1 Å². The SMILES string of the molecule is COC(=O)C1=C(C)NC(C)(Nc2nc(-c3ccc(OC)c([N+](=O)[O-])c3)cs2)C(C(=O)OC)C1c1ccccc1. The fourth-order valence-corrected chi connectivity index (χ4v) is 5.80. The van der Waals surface area contributed by atoms with E-state index in [1.807, 2.05) is 30.3 Å². The molecule has 0 spiro atoms. The van der Waals surface area contributed by atoms with Gasteiger partial charge in [-0.15, -0.1) is 11.3 Å². The zero-order valence-corrected chi connectivity index (χ0v) is 22.8. The van der Waals surface area contributed by atoms with Crippen LogP contribution in [0.2, 0.25) is 0 Å². The number of rotatable bonds is 8. The lowest BCUT2D eigenvalue weighted by atomic mass is 9.71. The number of thiazole rings is 1. The van der Waals surface area contributed by atoms with Gasteiger partial charge >= 0.3 is 17.6 Å². The highest BCUT2D eigenvalue weighted by Crippen LogP contribution is 2.45. The molecule has 3 aromatic rings. The molecule has 0 aliphatic carbocycles. The van der Waals surface area contributed by atoms with E-state index < -0.39 is 34.4 Å². The lowest BCUT2D eigenvalue weighted by molar-refractivity contribution is -0.385. The van der Waals surface area contributed by atoms with E-state index in [0.29, 0.717) is 27.7 Å².